The van der Waals surface area contributed by atoms with E-state index in [2.05, 4.69) is 4.98 Å². The van der Waals surface area contributed by atoms with Gasteiger partial charge in [0.15, 0.2) is 17.5 Å². The molecular formula is C26H37NO10. The Balaban J connectivity index is 1.71. The fourth-order valence-corrected chi connectivity index (χ4v) is 9.93. The monoisotopic (exact) mass is 523 g/mol. The van der Waals surface area contributed by atoms with E-state index in [-0.39, 0.29) is 25.0 Å². The predicted octanol–water partition coefficient (Wildman–Crippen LogP) is -0.419. The van der Waals surface area contributed by atoms with E-state index in [1.807, 2.05) is 0 Å². The average molecular weight is 524 g/mol. The summed E-state index contributed by atoms with van der Waals surface area (Å²) in [5.74, 6) is -3.98. The van der Waals surface area contributed by atoms with E-state index in [0.29, 0.717) is 0 Å². The van der Waals surface area contributed by atoms with Gasteiger partial charge < -0.3 is 49.8 Å². The smallest absolute Gasteiger partial charge is 0.355 e. The molecule has 0 amide bonds. The number of ether oxygens (including phenoxy) is 3. The molecule has 0 aromatic carbocycles. The molecule has 7 N–H and O–H groups in total. The van der Waals surface area contributed by atoms with E-state index in [9.17, 15) is 35.4 Å². The van der Waals surface area contributed by atoms with Gasteiger partial charge in [-0.25, -0.2) is 4.79 Å². The second-order valence-corrected chi connectivity index (χ2v) is 12.9. The molecule has 2 saturated heterocycles. The number of rotatable bonds is 4. The first-order valence-corrected chi connectivity index (χ1v) is 12.8. The number of aromatic nitrogens is 1. The van der Waals surface area contributed by atoms with Gasteiger partial charge in [-0.15, -0.1) is 0 Å². The minimum Gasteiger partial charge on any atom is -0.451 e. The molecule has 1 aromatic rings. The molecule has 206 valence electrons. The van der Waals surface area contributed by atoms with Crippen molar-refractivity contribution in [3.05, 3.63) is 24.0 Å². The Kier molecular flexibility index (Phi) is 4.46. The quantitative estimate of drug-likeness (QED) is 0.256. The molecule has 11 heteroatoms. The Morgan fingerprint density at radius 2 is 1.73 bits per heavy atom. The van der Waals surface area contributed by atoms with Crippen LogP contribution in [0.3, 0.4) is 0 Å². The van der Waals surface area contributed by atoms with Gasteiger partial charge in [0.2, 0.25) is 0 Å². The maximum absolute atomic E-state index is 13.3. The van der Waals surface area contributed by atoms with Gasteiger partial charge in [-0.2, -0.15) is 0 Å². The number of methoxy groups -OCH3 is 1. The maximum Gasteiger partial charge on any atom is 0.355 e. The third-order valence-corrected chi connectivity index (χ3v) is 11.6. The third kappa shape index (κ3) is 1.95. The SMILES string of the molecule is COC1C(C)(O)CCC2(O)C3(C)CC4(O)OC12C1(O)C3(O)C(OC(=O)c2ccc[nH]2)C(O)(C(C)C)C41C. The molecule has 2 aliphatic heterocycles. The van der Waals surface area contributed by atoms with Crippen LogP contribution in [0.25, 0.3) is 0 Å². The van der Waals surface area contributed by atoms with Crippen molar-refractivity contribution in [2.24, 2.45) is 16.7 Å². The molecule has 1 spiro atoms. The first-order chi connectivity index (χ1) is 16.9. The van der Waals surface area contributed by atoms with Gasteiger partial charge in [0.05, 0.1) is 11.0 Å². The second kappa shape index (κ2) is 6.42. The number of H-pyrrole nitrogens is 1. The van der Waals surface area contributed by atoms with E-state index in [4.69, 9.17) is 14.2 Å². The first-order valence-electron chi connectivity index (χ1n) is 12.8. The molecule has 0 radical (unpaired) electrons. The summed E-state index contributed by atoms with van der Waals surface area (Å²) in [6.45, 7) is 7.61. The normalized spacial score (nSPS) is 59.3. The summed E-state index contributed by atoms with van der Waals surface area (Å²) >= 11 is 0. The van der Waals surface area contributed by atoms with Crippen molar-refractivity contribution in [3.8, 4) is 0 Å². The molecule has 4 saturated carbocycles. The largest absolute Gasteiger partial charge is 0.451 e. The number of carbonyl (C=O) groups excluding carboxylic acids is 1. The van der Waals surface area contributed by atoms with E-state index < -0.39 is 74.3 Å². The van der Waals surface area contributed by atoms with E-state index in [0.717, 1.165) is 0 Å². The Morgan fingerprint density at radius 3 is 2.27 bits per heavy atom. The van der Waals surface area contributed by atoms with Crippen molar-refractivity contribution in [2.75, 3.05) is 7.11 Å². The number of hydrogen-bond donors (Lipinski definition) is 7. The van der Waals surface area contributed by atoms with Gasteiger partial charge in [-0.1, -0.05) is 20.8 Å². The van der Waals surface area contributed by atoms with Gasteiger partial charge >= 0.3 is 5.97 Å². The zero-order valence-electron chi connectivity index (χ0n) is 21.9. The number of aliphatic hydroxyl groups is 6. The van der Waals surface area contributed by atoms with Gasteiger partial charge in [-0.05, 0) is 44.7 Å². The average Bonchev–Trinajstić information content (AvgIpc) is 3.43. The highest BCUT2D eigenvalue weighted by Gasteiger charge is 3.10. The lowest BCUT2D eigenvalue weighted by molar-refractivity contribution is -0.399. The standard InChI is InChI=1S/C26H37NO10/c1-13(2)23(32)17(36-15(28)14-8-7-11-27-14)24(33)19(4)12-22(31)20(23,5)26(24,34)25(37-22)16(35-6)18(3,29)9-10-21(19,25)30/h7-8,11,13,16-17,27,29-34H,9-10,12H2,1-6H3. The predicted molar refractivity (Wildman–Crippen MR) is 125 cm³/mol. The van der Waals surface area contributed by atoms with Crippen LogP contribution in [0.1, 0.15) is 64.4 Å². The lowest BCUT2D eigenvalue weighted by Crippen LogP contribution is -2.79. The maximum atomic E-state index is 13.3. The Bertz CT molecular complexity index is 1190. The van der Waals surface area contributed by atoms with Gasteiger partial charge in [0, 0.05) is 25.1 Å². The number of hydrogen-bond acceptors (Lipinski definition) is 10. The van der Waals surface area contributed by atoms with Crippen LogP contribution in [0, 0.1) is 16.7 Å². The molecule has 4 aliphatic carbocycles. The van der Waals surface area contributed by atoms with Crippen molar-refractivity contribution in [2.45, 2.75) is 105 Å². The van der Waals surface area contributed by atoms with Crippen LogP contribution in [-0.2, 0) is 14.2 Å². The summed E-state index contributed by atoms with van der Waals surface area (Å²) < 4.78 is 17.9. The van der Waals surface area contributed by atoms with Crippen LogP contribution in [0.4, 0.5) is 0 Å². The van der Waals surface area contributed by atoms with Gasteiger partial charge in [-0.3, -0.25) is 0 Å². The zero-order valence-corrected chi connectivity index (χ0v) is 21.9. The number of nitrogens with one attached hydrogen (secondary N) is 1. The Labute approximate surface area is 214 Å². The van der Waals surface area contributed by atoms with Crippen molar-refractivity contribution in [3.63, 3.8) is 0 Å². The van der Waals surface area contributed by atoms with Gasteiger partial charge in [0.25, 0.3) is 0 Å². The summed E-state index contributed by atoms with van der Waals surface area (Å²) in [5, 5.41) is 74.6. The van der Waals surface area contributed by atoms with E-state index in [1.54, 1.807) is 19.9 Å². The molecule has 11 unspecified atom stereocenters. The molecule has 37 heavy (non-hydrogen) atoms. The Hall–Kier alpha value is -1.57. The summed E-state index contributed by atoms with van der Waals surface area (Å²) in [4.78, 5) is 16.0. The lowest BCUT2D eigenvalue weighted by atomic mass is 9.52. The highest BCUT2D eigenvalue weighted by molar-refractivity contribution is 5.87. The molecule has 11 atom stereocenters. The molecule has 3 heterocycles. The molecule has 6 aliphatic rings. The van der Waals surface area contributed by atoms with Crippen molar-refractivity contribution in [1.29, 1.82) is 0 Å². The lowest BCUT2D eigenvalue weighted by Gasteiger charge is -2.62. The molecule has 7 rings (SSSR count). The topological polar surface area (TPSA) is 182 Å². The van der Waals surface area contributed by atoms with E-state index >= 15 is 0 Å². The fourth-order valence-electron chi connectivity index (χ4n) is 9.93. The summed E-state index contributed by atoms with van der Waals surface area (Å²) in [5.41, 5.74) is -17.3. The molecule has 6 fully saturated rings. The van der Waals surface area contributed by atoms with Crippen LogP contribution in [-0.4, -0.2) is 100 Å². The van der Waals surface area contributed by atoms with Crippen molar-refractivity contribution < 1.29 is 49.6 Å². The number of esters is 1. The van der Waals surface area contributed by atoms with Crippen LogP contribution in [0.5, 0.6) is 0 Å². The first kappa shape index (κ1) is 25.7. The zero-order chi connectivity index (χ0) is 27.5. The fraction of sp³-hybridized carbons (Fsp3) is 0.808. The molecule has 1 aromatic heterocycles. The summed E-state index contributed by atoms with van der Waals surface area (Å²) in [7, 11) is 1.28. The molecule has 11 nitrogen and oxygen atoms in total. The van der Waals surface area contributed by atoms with Crippen molar-refractivity contribution >= 4 is 5.97 Å². The second-order valence-electron chi connectivity index (χ2n) is 12.9. The van der Waals surface area contributed by atoms with Crippen LogP contribution in [0.15, 0.2) is 18.3 Å². The summed E-state index contributed by atoms with van der Waals surface area (Å²) in [6, 6.07) is 3.05. The highest BCUT2D eigenvalue weighted by atomic mass is 16.7. The van der Waals surface area contributed by atoms with Crippen LogP contribution >= 0.6 is 0 Å². The minimum absolute atomic E-state index is 0.0331. The number of aromatic amines is 1. The highest BCUT2D eigenvalue weighted by Crippen LogP contribution is 2.90. The van der Waals surface area contributed by atoms with E-state index in [1.165, 1.54) is 40.1 Å². The summed E-state index contributed by atoms with van der Waals surface area (Å²) in [6.07, 6.45) is -2.18. The van der Waals surface area contributed by atoms with Gasteiger partial charge in [0.1, 0.15) is 34.2 Å². The third-order valence-electron chi connectivity index (χ3n) is 11.6. The van der Waals surface area contributed by atoms with Crippen LogP contribution in [0.2, 0.25) is 0 Å². The Morgan fingerprint density at radius 1 is 1.08 bits per heavy atom. The van der Waals surface area contributed by atoms with Crippen LogP contribution < -0.4 is 0 Å². The van der Waals surface area contributed by atoms with Crippen molar-refractivity contribution in [1.82, 2.24) is 4.98 Å². The molecule has 6 bridgehead atoms. The molecular weight excluding hydrogens is 486 g/mol. The minimum atomic E-state index is -2.64. The number of carbonyl (C=O) groups is 1.